The van der Waals surface area contributed by atoms with Crippen LogP contribution in [0.4, 0.5) is 0 Å². The van der Waals surface area contributed by atoms with Gasteiger partial charge in [0.2, 0.25) is 0 Å². The molecule has 1 N–H and O–H groups in total. The fraction of sp³-hybridized carbons (Fsp3) is 0.500. The molecule has 0 radical (unpaired) electrons. The van der Waals surface area contributed by atoms with Crippen molar-refractivity contribution < 1.29 is 19.1 Å². The number of nitrogens with one attached hydrogen (secondary N) is 1. The van der Waals surface area contributed by atoms with E-state index in [1.54, 1.807) is 23.9 Å². The van der Waals surface area contributed by atoms with Crippen LogP contribution >= 0.6 is 11.8 Å². The maximum Gasteiger partial charge on any atom is 0.342 e. The number of esters is 1. The van der Waals surface area contributed by atoms with Crippen LogP contribution in [0.2, 0.25) is 0 Å². The molecule has 1 saturated carbocycles. The minimum Gasteiger partial charge on any atom is -0.496 e. The monoisotopic (exact) mass is 323 g/mol. The zero-order chi connectivity index (χ0) is 16.1. The van der Waals surface area contributed by atoms with E-state index in [0.717, 1.165) is 17.7 Å². The summed E-state index contributed by atoms with van der Waals surface area (Å²) in [5, 5.41) is 2.84. The number of ether oxygens (including phenoxy) is 2. The van der Waals surface area contributed by atoms with Crippen LogP contribution in [0.5, 0.6) is 5.75 Å². The average molecular weight is 323 g/mol. The van der Waals surface area contributed by atoms with Crippen LogP contribution in [-0.2, 0) is 9.53 Å². The molecule has 1 amide bonds. The van der Waals surface area contributed by atoms with Crippen LogP contribution < -0.4 is 10.1 Å². The van der Waals surface area contributed by atoms with Gasteiger partial charge in [-0.15, -0.1) is 11.8 Å². The van der Waals surface area contributed by atoms with Crippen LogP contribution in [0.15, 0.2) is 23.1 Å². The molecule has 0 bridgehead atoms. The molecule has 0 unspecified atom stereocenters. The van der Waals surface area contributed by atoms with Gasteiger partial charge in [-0.1, -0.05) is 0 Å². The first kappa shape index (κ1) is 16.7. The van der Waals surface area contributed by atoms with Crippen molar-refractivity contribution in [3.8, 4) is 5.75 Å². The Kier molecular flexibility index (Phi) is 5.71. The van der Waals surface area contributed by atoms with Crippen molar-refractivity contribution in [2.75, 3.05) is 20.0 Å². The molecular weight excluding hydrogens is 302 g/mol. The number of carbonyl (C=O) groups excluding carboxylic acids is 2. The van der Waals surface area contributed by atoms with Gasteiger partial charge in [-0.2, -0.15) is 0 Å². The van der Waals surface area contributed by atoms with E-state index in [4.69, 9.17) is 9.47 Å². The second kappa shape index (κ2) is 7.54. The lowest BCUT2D eigenvalue weighted by Crippen LogP contribution is -2.37. The molecular formula is C16H21NO4S. The Morgan fingerprint density at radius 3 is 2.73 bits per heavy atom. The van der Waals surface area contributed by atoms with E-state index in [2.05, 4.69) is 5.32 Å². The number of thioether (sulfide) groups is 1. The normalized spacial score (nSPS) is 15.0. The summed E-state index contributed by atoms with van der Waals surface area (Å²) < 4.78 is 10.3. The molecule has 1 aromatic rings. The lowest BCUT2D eigenvalue weighted by Gasteiger charge is -2.13. The molecule has 0 saturated heterocycles. The van der Waals surface area contributed by atoms with E-state index < -0.39 is 5.97 Å². The third-order valence-corrected chi connectivity index (χ3v) is 4.41. The van der Waals surface area contributed by atoms with E-state index in [0.29, 0.717) is 17.2 Å². The first-order chi connectivity index (χ1) is 10.5. The van der Waals surface area contributed by atoms with Crippen molar-refractivity contribution in [3.63, 3.8) is 0 Å². The Morgan fingerprint density at radius 1 is 1.41 bits per heavy atom. The highest BCUT2D eigenvalue weighted by molar-refractivity contribution is 7.98. The van der Waals surface area contributed by atoms with Crippen molar-refractivity contribution in [2.45, 2.75) is 30.7 Å². The van der Waals surface area contributed by atoms with Gasteiger partial charge >= 0.3 is 5.97 Å². The van der Waals surface area contributed by atoms with Crippen molar-refractivity contribution in [1.29, 1.82) is 0 Å². The molecule has 5 nitrogen and oxygen atoms in total. The molecule has 22 heavy (non-hydrogen) atoms. The first-order valence-corrected chi connectivity index (χ1v) is 8.46. The van der Waals surface area contributed by atoms with E-state index in [-0.39, 0.29) is 18.6 Å². The van der Waals surface area contributed by atoms with Crippen molar-refractivity contribution in [3.05, 3.63) is 23.8 Å². The summed E-state index contributed by atoms with van der Waals surface area (Å²) >= 11 is 1.56. The molecule has 0 aliphatic heterocycles. The Balaban J connectivity index is 1.89. The third kappa shape index (κ3) is 4.40. The smallest absolute Gasteiger partial charge is 0.342 e. The highest BCUT2D eigenvalue weighted by Gasteiger charge is 2.29. The van der Waals surface area contributed by atoms with Crippen molar-refractivity contribution in [2.24, 2.45) is 5.92 Å². The fourth-order valence-corrected chi connectivity index (χ4v) is 2.61. The van der Waals surface area contributed by atoms with Gasteiger partial charge < -0.3 is 14.8 Å². The maximum atomic E-state index is 12.1. The van der Waals surface area contributed by atoms with Gasteiger partial charge in [0.25, 0.3) is 5.91 Å². The van der Waals surface area contributed by atoms with E-state index in [1.165, 1.54) is 7.11 Å². The highest BCUT2D eigenvalue weighted by Crippen LogP contribution is 2.32. The van der Waals surface area contributed by atoms with Crippen LogP contribution in [-0.4, -0.2) is 37.9 Å². The second-order valence-corrected chi connectivity index (χ2v) is 6.22. The number of methoxy groups -OCH3 is 1. The standard InChI is InChI=1S/C16H21NO4S/c1-10(11-4-5-11)17-15(18)9-21-16(19)13-7-6-12(22-3)8-14(13)20-2/h6-8,10-11H,4-5,9H2,1-3H3,(H,17,18)/t10-/m0/s1. The summed E-state index contributed by atoms with van der Waals surface area (Å²) in [5.41, 5.74) is 0.323. The van der Waals surface area contributed by atoms with Gasteiger partial charge in [-0.25, -0.2) is 4.79 Å². The lowest BCUT2D eigenvalue weighted by molar-refractivity contribution is -0.125. The van der Waals surface area contributed by atoms with Crippen molar-refractivity contribution in [1.82, 2.24) is 5.32 Å². The fourth-order valence-electron chi connectivity index (χ4n) is 2.19. The van der Waals surface area contributed by atoms with Crippen molar-refractivity contribution >= 4 is 23.6 Å². The third-order valence-electron chi connectivity index (χ3n) is 3.68. The Hall–Kier alpha value is -1.69. The second-order valence-electron chi connectivity index (χ2n) is 5.34. The van der Waals surface area contributed by atoms with Crippen LogP contribution in [0.3, 0.4) is 0 Å². The quantitative estimate of drug-likeness (QED) is 0.617. The summed E-state index contributed by atoms with van der Waals surface area (Å²) in [4.78, 5) is 24.8. The molecule has 1 aliphatic rings. The summed E-state index contributed by atoms with van der Waals surface area (Å²) in [6.45, 7) is 1.70. The minimum absolute atomic E-state index is 0.140. The zero-order valence-corrected chi connectivity index (χ0v) is 13.9. The first-order valence-electron chi connectivity index (χ1n) is 7.23. The largest absolute Gasteiger partial charge is 0.496 e. The summed E-state index contributed by atoms with van der Waals surface area (Å²) in [6, 6.07) is 5.38. The van der Waals surface area contributed by atoms with Crippen LogP contribution in [0, 0.1) is 5.92 Å². The Morgan fingerprint density at radius 2 is 2.14 bits per heavy atom. The minimum atomic E-state index is -0.557. The topological polar surface area (TPSA) is 64.6 Å². The number of rotatable bonds is 7. The summed E-state index contributed by atoms with van der Waals surface area (Å²) in [6.07, 6.45) is 4.25. The Bertz CT molecular complexity index is 557. The highest BCUT2D eigenvalue weighted by atomic mass is 32.2. The number of amides is 1. The molecule has 120 valence electrons. The maximum absolute atomic E-state index is 12.1. The van der Waals surface area contributed by atoms with E-state index in [9.17, 15) is 9.59 Å². The summed E-state index contributed by atoms with van der Waals surface area (Å²) in [5.74, 6) is 0.189. The van der Waals surface area contributed by atoms with E-state index in [1.807, 2.05) is 19.2 Å². The number of carbonyl (C=O) groups is 2. The number of hydrogen-bond acceptors (Lipinski definition) is 5. The van der Waals surface area contributed by atoms with Gasteiger partial charge in [0.15, 0.2) is 6.61 Å². The lowest BCUT2D eigenvalue weighted by atomic mass is 10.2. The molecule has 0 aromatic heterocycles. The predicted molar refractivity (Wildman–Crippen MR) is 85.4 cm³/mol. The zero-order valence-electron chi connectivity index (χ0n) is 13.0. The molecule has 0 spiro atoms. The molecule has 0 heterocycles. The van der Waals surface area contributed by atoms with Gasteiger partial charge in [0, 0.05) is 10.9 Å². The SMILES string of the molecule is COc1cc(SC)ccc1C(=O)OCC(=O)N[C@@H](C)C1CC1. The predicted octanol–water partition coefficient (Wildman–Crippen LogP) is 2.49. The van der Waals surface area contributed by atoms with Crippen LogP contribution in [0.25, 0.3) is 0 Å². The molecule has 1 aromatic carbocycles. The number of benzene rings is 1. The molecule has 1 fully saturated rings. The van der Waals surface area contributed by atoms with E-state index >= 15 is 0 Å². The summed E-state index contributed by atoms with van der Waals surface area (Å²) in [7, 11) is 1.50. The molecule has 1 aliphatic carbocycles. The van der Waals surface area contributed by atoms with Gasteiger partial charge in [0.1, 0.15) is 11.3 Å². The Labute approximate surface area is 134 Å². The van der Waals surface area contributed by atoms with Gasteiger partial charge in [-0.05, 0) is 50.1 Å². The van der Waals surface area contributed by atoms with Crippen LogP contribution in [0.1, 0.15) is 30.1 Å². The molecule has 1 atom stereocenters. The molecule has 6 heteroatoms. The number of hydrogen-bond donors (Lipinski definition) is 1. The molecule has 2 rings (SSSR count). The van der Waals surface area contributed by atoms with Gasteiger partial charge in [-0.3, -0.25) is 4.79 Å². The van der Waals surface area contributed by atoms with Gasteiger partial charge in [0.05, 0.1) is 7.11 Å². The average Bonchev–Trinajstić information content (AvgIpc) is 3.36.